The van der Waals surface area contributed by atoms with Crippen LogP contribution in [0.25, 0.3) is 0 Å². The average molecular weight is 154 g/mol. The molecule has 1 unspecified atom stereocenters. The summed E-state index contributed by atoms with van der Waals surface area (Å²) in [4.78, 5) is 0. The third-order valence-corrected chi connectivity index (χ3v) is 2.02. The normalized spacial score (nSPS) is 13.0. The molecule has 1 atom stereocenters. The average Bonchev–Trinajstić information content (AvgIpc) is 2.05. The number of hydrogen-bond donors (Lipinski definition) is 0. The molecule has 1 aromatic rings. The summed E-state index contributed by atoms with van der Waals surface area (Å²) in [7, 11) is 0. The number of rotatable bonds is 2. The molecule has 1 heteroatoms. The predicted molar refractivity (Wildman–Crippen MR) is 44.2 cm³/mol. The van der Waals surface area contributed by atoms with Gasteiger partial charge in [0.1, 0.15) is 0 Å². The number of alkyl halides is 1. The highest BCUT2D eigenvalue weighted by Crippen LogP contribution is 2.22. The fourth-order valence-electron chi connectivity index (χ4n) is 0.844. The molecule has 0 aliphatic carbocycles. The molecule has 10 heavy (non-hydrogen) atoms. The molecule has 0 aromatic heterocycles. The molecule has 0 aliphatic heterocycles. The standard InChI is InChI=1S/C9H10Cl/c1-2-9(10)8-6-4-3-5-7-8/h4-7,9H,2H2,1H3. The summed E-state index contributed by atoms with van der Waals surface area (Å²) < 4.78 is 0. The summed E-state index contributed by atoms with van der Waals surface area (Å²) in [6, 6.07) is 10.7. The smallest absolute Gasteiger partial charge is 0.0582 e. The molecule has 1 rings (SSSR count). The molecule has 0 nitrogen and oxygen atoms in total. The van der Waals surface area contributed by atoms with E-state index < -0.39 is 0 Å². The van der Waals surface area contributed by atoms with Crippen molar-refractivity contribution in [3.8, 4) is 0 Å². The Hall–Kier alpha value is -0.490. The Labute approximate surface area is 66.8 Å². The Morgan fingerprint density at radius 1 is 1.50 bits per heavy atom. The van der Waals surface area contributed by atoms with Crippen molar-refractivity contribution in [1.29, 1.82) is 0 Å². The van der Waals surface area contributed by atoms with Crippen molar-refractivity contribution < 1.29 is 0 Å². The summed E-state index contributed by atoms with van der Waals surface area (Å²) in [6.45, 7) is 2.08. The van der Waals surface area contributed by atoms with Crippen LogP contribution in [0.4, 0.5) is 0 Å². The highest BCUT2D eigenvalue weighted by molar-refractivity contribution is 6.20. The van der Waals surface area contributed by atoms with E-state index in [0.717, 1.165) is 6.42 Å². The van der Waals surface area contributed by atoms with Crippen LogP contribution in [0.3, 0.4) is 0 Å². The molecule has 0 amide bonds. The van der Waals surface area contributed by atoms with Crippen molar-refractivity contribution in [2.75, 3.05) is 0 Å². The third-order valence-electron chi connectivity index (χ3n) is 1.46. The molecule has 1 aromatic carbocycles. The Balaban J connectivity index is 2.75. The Morgan fingerprint density at radius 3 is 2.60 bits per heavy atom. The van der Waals surface area contributed by atoms with Crippen molar-refractivity contribution in [3.05, 3.63) is 35.9 Å². The molecule has 53 valence electrons. The molecular weight excluding hydrogens is 144 g/mol. The van der Waals surface area contributed by atoms with Gasteiger partial charge in [0.05, 0.1) is 5.38 Å². The molecule has 0 bridgehead atoms. The minimum absolute atomic E-state index is 0.162. The SMILES string of the molecule is CCC(Cl)c1cc[c]cc1. The van der Waals surface area contributed by atoms with Crippen molar-refractivity contribution in [2.45, 2.75) is 18.7 Å². The van der Waals surface area contributed by atoms with Crippen LogP contribution in [0.2, 0.25) is 0 Å². The zero-order chi connectivity index (χ0) is 7.40. The molecule has 0 saturated heterocycles. The van der Waals surface area contributed by atoms with Crippen LogP contribution >= 0.6 is 11.6 Å². The number of benzene rings is 1. The van der Waals surface area contributed by atoms with Gasteiger partial charge in [0.2, 0.25) is 0 Å². The molecule has 0 N–H and O–H groups in total. The van der Waals surface area contributed by atoms with Gasteiger partial charge in [-0.2, -0.15) is 0 Å². The molecule has 0 spiro atoms. The van der Waals surface area contributed by atoms with E-state index >= 15 is 0 Å². The van der Waals surface area contributed by atoms with Gasteiger partial charge in [0.25, 0.3) is 0 Å². The van der Waals surface area contributed by atoms with Gasteiger partial charge in [-0.15, -0.1) is 11.6 Å². The number of hydrogen-bond acceptors (Lipinski definition) is 0. The fourth-order valence-corrected chi connectivity index (χ4v) is 0.990. The van der Waals surface area contributed by atoms with E-state index in [4.69, 9.17) is 11.6 Å². The maximum absolute atomic E-state index is 5.98. The lowest BCUT2D eigenvalue weighted by Crippen LogP contribution is -1.85. The first-order chi connectivity index (χ1) is 4.84. The molecule has 0 heterocycles. The Bertz CT molecular complexity index is 181. The van der Waals surface area contributed by atoms with E-state index in [1.165, 1.54) is 5.56 Å². The highest BCUT2D eigenvalue weighted by atomic mass is 35.5. The zero-order valence-electron chi connectivity index (χ0n) is 5.97. The van der Waals surface area contributed by atoms with Crippen LogP contribution in [0.5, 0.6) is 0 Å². The zero-order valence-corrected chi connectivity index (χ0v) is 6.73. The van der Waals surface area contributed by atoms with E-state index in [1.807, 2.05) is 24.3 Å². The number of halogens is 1. The van der Waals surface area contributed by atoms with Gasteiger partial charge in [-0.1, -0.05) is 31.2 Å². The Morgan fingerprint density at radius 2 is 2.10 bits per heavy atom. The van der Waals surface area contributed by atoms with Gasteiger partial charge in [0, 0.05) is 0 Å². The van der Waals surface area contributed by atoms with E-state index in [9.17, 15) is 0 Å². The van der Waals surface area contributed by atoms with Gasteiger partial charge in [-0.05, 0) is 18.1 Å². The predicted octanol–water partition coefficient (Wildman–Crippen LogP) is 3.18. The van der Waals surface area contributed by atoms with Crippen LogP contribution in [0.1, 0.15) is 24.3 Å². The van der Waals surface area contributed by atoms with E-state index in [0.29, 0.717) is 0 Å². The topological polar surface area (TPSA) is 0 Å². The summed E-state index contributed by atoms with van der Waals surface area (Å²) >= 11 is 5.98. The van der Waals surface area contributed by atoms with Crippen molar-refractivity contribution in [1.82, 2.24) is 0 Å². The maximum Gasteiger partial charge on any atom is 0.0582 e. The lowest BCUT2D eigenvalue weighted by atomic mass is 10.1. The van der Waals surface area contributed by atoms with E-state index in [1.54, 1.807) is 0 Å². The van der Waals surface area contributed by atoms with Gasteiger partial charge >= 0.3 is 0 Å². The first kappa shape index (κ1) is 7.62. The highest BCUT2D eigenvalue weighted by Gasteiger charge is 2.01. The molecule has 0 saturated carbocycles. The summed E-state index contributed by atoms with van der Waals surface area (Å²) in [5.41, 5.74) is 1.18. The van der Waals surface area contributed by atoms with Crippen molar-refractivity contribution in [2.24, 2.45) is 0 Å². The lowest BCUT2D eigenvalue weighted by Gasteiger charge is -2.04. The molecule has 0 aliphatic rings. The van der Waals surface area contributed by atoms with Crippen molar-refractivity contribution in [3.63, 3.8) is 0 Å². The first-order valence-corrected chi connectivity index (χ1v) is 3.88. The second-order valence-electron chi connectivity index (χ2n) is 2.21. The van der Waals surface area contributed by atoms with Gasteiger partial charge < -0.3 is 0 Å². The second-order valence-corrected chi connectivity index (χ2v) is 2.74. The van der Waals surface area contributed by atoms with Gasteiger partial charge in [-0.25, -0.2) is 0 Å². The van der Waals surface area contributed by atoms with Gasteiger partial charge in [-0.3, -0.25) is 0 Å². The Kier molecular flexibility index (Phi) is 2.76. The quantitative estimate of drug-likeness (QED) is 0.573. The largest absolute Gasteiger partial charge is 0.118 e. The minimum atomic E-state index is 0.162. The van der Waals surface area contributed by atoms with Crippen LogP contribution in [0, 0.1) is 6.07 Å². The fraction of sp³-hybridized carbons (Fsp3) is 0.333. The minimum Gasteiger partial charge on any atom is -0.118 e. The first-order valence-electron chi connectivity index (χ1n) is 3.44. The van der Waals surface area contributed by atoms with Crippen LogP contribution in [-0.2, 0) is 0 Å². The summed E-state index contributed by atoms with van der Waals surface area (Å²) in [5.74, 6) is 0. The van der Waals surface area contributed by atoms with Crippen LogP contribution in [0.15, 0.2) is 24.3 Å². The monoisotopic (exact) mass is 153 g/mol. The molecule has 1 radical (unpaired) electrons. The van der Waals surface area contributed by atoms with E-state index in [-0.39, 0.29) is 5.38 Å². The van der Waals surface area contributed by atoms with E-state index in [2.05, 4.69) is 13.0 Å². The maximum atomic E-state index is 5.98. The molecule has 0 fully saturated rings. The third kappa shape index (κ3) is 1.74. The molecular formula is C9H10Cl. The lowest BCUT2D eigenvalue weighted by molar-refractivity contribution is 0.884. The van der Waals surface area contributed by atoms with Crippen LogP contribution < -0.4 is 0 Å². The summed E-state index contributed by atoms with van der Waals surface area (Å²) in [5, 5.41) is 0.162. The van der Waals surface area contributed by atoms with Crippen molar-refractivity contribution >= 4 is 11.6 Å². The van der Waals surface area contributed by atoms with Crippen LogP contribution in [-0.4, -0.2) is 0 Å². The second kappa shape index (κ2) is 3.62. The van der Waals surface area contributed by atoms with Gasteiger partial charge in [0.15, 0.2) is 0 Å². The summed E-state index contributed by atoms with van der Waals surface area (Å²) in [6.07, 6.45) is 0.978.